The fourth-order valence-corrected chi connectivity index (χ4v) is 4.23. The number of carbonyl (C=O) groups is 2. The van der Waals surface area contributed by atoms with Crippen molar-refractivity contribution < 1.29 is 24.5 Å². The third kappa shape index (κ3) is 6.32. The number of carboxylic acids is 1. The number of aromatic carboxylic acids is 1. The first kappa shape index (κ1) is 26.1. The number of aromatic hydroxyl groups is 1. The summed E-state index contributed by atoms with van der Waals surface area (Å²) in [6.45, 7) is 3.92. The number of phenols is 1. The number of piperidine rings is 1. The number of benzene rings is 3. The molecule has 1 aliphatic heterocycles. The zero-order valence-electron chi connectivity index (χ0n) is 19.4. The maximum atomic E-state index is 13.1. The van der Waals surface area contributed by atoms with E-state index in [1.165, 1.54) is 18.2 Å². The highest BCUT2D eigenvalue weighted by Gasteiger charge is 2.23. The molecule has 3 aromatic rings. The van der Waals surface area contributed by atoms with E-state index in [0.717, 1.165) is 37.1 Å². The summed E-state index contributed by atoms with van der Waals surface area (Å²) < 4.78 is 6.08. The SMILES string of the molecule is CC(Oc1ccc(O)c(C(=O)Nc2cc(-c3ccccc3)ccc2C(=O)O)c1)C1CCNCC1.Cl. The highest BCUT2D eigenvalue weighted by Crippen LogP contribution is 2.30. The number of hydrogen-bond donors (Lipinski definition) is 4. The van der Waals surface area contributed by atoms with Gasteiger partial charge in [0, 0.05) is 0 Å². The first-order chi connectivity index (χ1) is 16.4. The molecule has 1 heterocycles. The first-order valence-electron chi connectivity index (χ1n) is 11.4. The topological polar surface area (TPSA) is 108 Å². The van der Waals surface area contributed by atoms with Gasteiger partial charge in [-0.1, -0.05) is 36.4 Å². The van der Waals surface area contributed by atoms with Crippen LogP contribution < -0.4 is 15.4 Å². The van der Waals surface area contributed by atoms with Crippen LogP contribution in [0.2, 0.25) is 0 Å². The number of carbonyl (C=O) groups excluding carboxylic acids is 1. The number of ether oxygens (including phenoxy) is 1. The summed E-state index contributed by atoms with van der Waals surface area (Å²) in [5.74, 6) is -1.11. The molecule has 7 nitrogen and oxygen atoms in total. The minimum Gasteiger partial charge on any atom is -0.507 e. The third-order valence-electron chi connectivity index (χ3n) is 6.19. The fourth-order valence-electron chi connectivity index (χ4n) is 4.23. The molecule has 1 fully saturated rings. The molecule has 1 aliphatic rings. The lowest BCUT2D eigenvalue weighted by molar-refractivity contribution is 0.0698. The van der Waals surface area contributed by atoms with Crippen molar-refractivity contribution in [1.82, 2.24) is 5.32 Å². The quantitative estimate of drug-likeness (QED) is 0.358. The zero-order valence-corrected chi connectivity index (χ0v) is 20.2. The Kier molecular flexibility index (Phi) is 8.73. The van der Waals surface area contributed by atoms with Gasteiger partial charge in [-0.3, -0.25) is 4.79 Å². The van der Waals surface area contributed by atoms with Crippen molar-refractivity contribution in [2.75, 3.05) is 18.4 Å². The molecule has 35 heavy (non-hydrogen) atoms. The molecule has 184 valence electrons. The number of phenolic OH excluding ortho intramolecular Hbond substituents is 1. The zero-order chi connectivity index (χ0) is 24.1. The molecule has 1 atom stereocenters. The number of anilines is 1. The second kappa shape index (κ2) is 11.7. The lowest BCUT2D eigenvalue weighted by atomic mass is 9.93. The predicted octanol–water partition coefficient (Wildman–Crippen LogP) is 5.20. The van der Waals surface area contributed by atoms with Gasteiger partial charge in [-0.15, -0.1) is 12.4 Å². The van der Waals surface area contributed by atoms with E-state index in [1.54, 1.807) is 18.2 Å². The Morgan fingerprint density at radius 1 is 0.971 bits per heavy atom. The van der Waals surface area contributed by atoms with Gasteiger partial charge >= 0.3 is 5.97 Å². The maximum Gasteiger partial charge on any atom is 0.337 e. The standard InChI is InChI=1S/C27H28N2O5.ClH/c1-17(18-11-13-28-14-12-18)34-21-8-10-25(30)23(16-21)26(31)29-24-15-20(7-9-22(24)27(32)33)19-5-3-2-4-6-19;/h2-10,15-18,28,30H,11-14H2,1H3,(H,29,31)(H,32,33);1H. The highest BCUT2D eigenvalue weighted by molar-refractivity contribution is 6.09. The molecule has 4 N–H and O–H groups in total. The van der Waals surface area contributed by atoms with Crippen LogP contribution in [-0.2, 0) is 0 Å². The van der Waals surface area contributed by atoms with Gasteiger partial charge in [0.1, 0.15) is 11.5 Å². The maximum absolute atomic E-state index is 13.1. The Bertz CT molecular complexity index is 1180. The van der Waals surface area contributed by atoms with E-state index >= 15 is 0 Å². The van der Waals surface area contributed by atoms with E-state index in [4.69, 9.17) is 4.74 Å². The van der Waals surface area contributed by atoms with E-state index in [1.807, 2.05) is 37.3 Å². The van der Waals surface area contributed by atoms with Gasteiger partial charge < -0.3 is 25.6 Å². The monoisotopic (exact) mass is 496 g/mol. The van der Waals surface area contributed by atoms with Crippen molar-refractivity contribution in [3.63, 3.8) is 0 Å². The minimum absolute atomic E-state index is 0. The summed E-state index contributed by atoms with van der Waals surface area (Å²) in [7, 11) is 0. The van der Waals surface area contributed by atoms with E-state index < -0.39 is 11.9 Å². The lowest BCUT2D eigenvalue weighted by Crippen LogP contribution is -2.35. The summed E-state index contributed by atoms with van der Waals surface area (Å²) >= 11 is 0. The van der Waals surface area contributed by atoms with Crippen LogP contribution in [0, 0.1) is 5.92 Å². The second-order valence-corrected chi connectivity index (χ2v) is 8.48. The Balaban J connectivity index is 0.00000342. The Labute approximate surface area is 210 Å². The van der Waals surface area contributed by atoms with Crippen LogP contribution in [0.1, 0.15) is 40.5 Å². The number of rotatable bonds is 7. The summed E-state index contributed by atoms with van der Waals surface area (Å²) in [5, 5.41) is 25.9. The van der Waals surface area contributed by atoms with Crippen LogP contribution in [0.4, 0.5) is 5.69 Å². The fraction of sp³-hybridized carbons (Fsp3) is 0.259. The van der Waals surface area contributed by atoms with Crippen LogP contribution in [0.5, 0.6) is 11.5 Å². The van der Waals surface area contributed by atoms with Crippen LogP contribution in [0.25, 0.3) is 11.1 Å². The molecule has 0 saturated carbocycles. The van der Waals surface area contributed by atoms with Crippen molar-refractivity contribution >= 4 is 30.0 Å². The first-order valence-corrected chi connectivity index (χ1v) is 11.4. The van der Waals surface area contributed by atoms with Crippen LogP contribution >= 0.6 is 12.4 Å². The highest BCUT2D eigenvalue weighted by atomic mass is 35.5. The number of hydrogen-bond acceptors (Lipinski definition) is 5. The molecule has 3 aromatic carbocycles. The Morgan fingerprint density at radius 2 is 1.69 bits per heavy atom. The molecule has 0 aliphatic carbocycles. The molecule has 0 radical (unpaired) electrons. The van der Waals surface area contributed by atoms with Gasteiger partial charge in [0.25, 0.3) is 5.91 Å². The predicted molar refractivity (Wildman–Crippen MR) is 138 cm³/mol. The summed E-state index contributed by atoms with van der Waals surface area (Å²) in [5.41, 5.74) is 1.77. The van der Waals surface area contributed by atoms with Crippen molar-refractivity contribution in [3.05, 3.63) is 77.9 Å². The van der Waals surface area contributed by atoms with Crippen molar-refractivity contribution in [2.24, 2.45) is 5.92 Å². The largest absolute Gasteiger partial charge is 0.507 e. The van der Waals surface area contributed by atoms with Gasteiger partial charge in [-0.2, -0.15) is 0 Å². The van der Waals surface area contributed by atoms with Crippen LogP contribution in [-0.4, -0.2) is 41.3 Å². The molecular weight excluding hydrogens is 468 g/mol. The molecule has 1 amide bonds. The van der Waals surface area contributed by atoms with Gasteiger partial charge in [0.15, 0.2) is 0 Å². The molecule has 0 aromatic heterocycles. The van der Waals surface area contributed by atoms with Crippen LogP contribution in [0.3, 0.4) is 0 Å². The van der Waals surface area contributed by atoms with Gasteiger partial charge in [0.2, 0.25) is 0 Å². The van der Waals surface area contributed by atoms with E-state index in [2.05, 4.69) is 10.6 Å². The number of halogens is 1. The number of carboxylic acid groups (broad SMARTS) is 1. The summed E-state index contributed by atoms with van der Waals surface area (Å²) in [6.07, 6.45) is 1.99. The van der Waals surface area contributed by atoms with Gasteiger partial charge in [-0.25, -0.2) is 4.79 Å². The summed E-state index contributed by atoms with van der Waals surface area (Å²) in [6, 6.07) is 18.8. The number of amides is 1. The molecule has 1 saturated heterocycles. The Hall–Kier alpha value is -3.55. The molecule has 0 bridgehead atoms. The van der Waals surface area contributed by atoms with E-state index in [0.29, 0.717) is 11.7 Å². The molecular formula is C27H29ClN2O5. The normalized spacial score (nSPS) is 14.4. The molecule has 4 rings (SSSR count). The smallest absolute Gasteiger partial charge is 0.337 e. The molecule has 8 heteroatoms. The van der Waals surface area contributed by atoms with E-state index in [9.17, 15) is 19.8 Å². The third-order valence-corrected chi connectivity index (χ3v) is 6.19. The average Bonchev–Trinajstić information content (AvgIpc) is 2.86. The van der Waals surface area contributed by atoms with Crippen molar-refractivity contribution in [3.8, 4) is 22.6 Å². The summed E-state index contributed by atoms with van der Waals surface area (Å²) in [4.78, 5) is 24.8. The average molecular weight is 497 g/mol. The Morgan fingerprint density at radius 3 is 2.37 bits per heavy atom. The lowest BCUT2D eigenvalue weighted by Gasteiger charge is -2.28. The van der Waals surface area contributed by atoms with Gasteiger partial charge in [-0.05, 0) is 80.2 Å². The molecule has 1 unspecified atom stereocenters. The van der Waals surface area contributed by atoms with E-state index in [-0.39, 0.29) is 41.1 Å². The van der Waals surface area contributed by atoms with Gasteiger partial charge in [0.05, 0.1) is 22.9 Å². The van der Waals surface area contributed by atoms with Crippen molar-refractivity contribution in [2.45, 2.75) is 25.9 Å². The minimum atomic E-state index is -1.16. The number of nitrogens with one attached hydrogen (secondary N) is 2. The molecule has 0 spiro atoms. The van der Waals surface area contributed by atoms with Crippen LogP contribution in [0.15, 0.2) is 66.7 Å². The van der Waals surface area contributed by atoms with Crippen molar-refractivity contribution in [1.29, 1.82) is 0 Å². The second-order valence-electron chi connectivity index (χ2n) is 8.48.